The fraction of sp³-hybridized carbons (Fsp3) is 0.350. The van der Waals surface area contributed by atoms with Gasteiger partial charge in [0.1, 0.15) is 0 Å². The molecule has 1 fully saturated rings. The van der Waals surface area contributed by atoms with Crippen LogP contribution in [0.4, 0.5) is 5.69 Å². The Morgan fingerprint density at radius 1 is 1.26 bits per heavy atom. The van der Waals surface area contributed by atoms with Crippen molar-refractivity contribution in [3.8, 4) is 0 Å². The van der Waals surface area contributed by atoms with Gasteiger partial charge in [0.05, 0.1) is 27.0 Å². The van der Waals surface area contributed by atoms with Gasteiger partial charge < -0.3 is 5.32 Å². The molecule has 3 heterocycles. The highest BCUT2D eigenvalue weighted by atomic mass is 35.5. The lowest BCUT2D eigenvalue weighted by molar-refractivity contribution is -0.121. The van der Waals surface area contributed by atoms with Gasteiger partial charge >= 0.3 is 0 Å². The van der Waals surface area contributed by atoms with E-state index in [2.05, 4.69) is 33.4 Å². The van der Waals surface area contributed by atoms with E-state index < -0.39 is 0 Å². The van der Waals surface area contributed by atoms with Gasteiger partial charge in [0.25, 0.3) is 0 Å². The van der Waals surface area contributed by atoms with Crippen LogP contribution < -0.4 is 5.32 Å². The molecule has 1 amide bonds. The molecule has 140 valence electrons. The molecule has 1 aliphatic heterocycles. The lowest BCUT2D eigenvalue weighted by Crippen LogP contribution is -2.45. The van der Waals surface area contributed by atoms with Crippen molar-refractivity contribution >= 4 is 44.7 Å². The highest BCUT2D eigenvalue weighted by molar-refractivity contribution is 7.18. The molecule has 3 aromatic rings. The van der Waals surface area contributed by atoms with E-state index in [0.717, 1.165) is 31.4 Å². The van der Waals surface area contributed by atoms with Crippen molar-refractivity contribution in [1.82, 2.24) is 14.9 Å². The highest BCUT2D eigenvalue weighted by Gasteiger charge is 2.29. The summed E-state index contributed by atoms with van der Waals surface area (Å²) in [4.78, 5) is 23.6. The zero-order valence-electron chi connectivity index (χ0n) is 15.1. The molecule has 0 saturated carbocycles. The van der Waals surface area contributed by atoms with Crippen LogP contribution in [0.25, 0.3) is 10.2 Å². The van der Waals surface area contributed by atoms with Crippen LogP contribution in [0.5, 0.6) is 0 Å². The summed E-state index contributed by atoms with van der Waals surface area (Å²) in [6.07, 6.45) is 3.64. The van der Waals surface area contributed by atoms with Gasteiger partial charge in [-0.2, -0.15) is 0 Å². The maximum Gasteiger partial charge on any atom is 0.241 e. The van der Waals surface area contributed by atoms with Crippen LogP contribution in [0, 0.1) is 0 Å². The molecule has 7 heteroatoms. The Bertz CT molecular complexity index is 919. The Hall–Kier alpha value is -2.02. The standard InChI is InChI=1S/C20H21ClN4OS/c1-13(19(26)23-16-6-4-10-22-18(16)21)25-11-8-14(9-12-25)20-24-15-5-2-3-7-17(15)27-20/h2-7,10,13-14H,8-9,11-12H2,1H3,(H,23,26). The van der Waals surface area contributed by atoms with Gasteiger partial charge in [0.15, 0.2) is 5.15 Å². The number of piperidine rings is 1. The topological polar surface area (TPSA) is 58.1 Å². The van der Waals surface area contributed by atoms with E-state index >= 15 is 0 Å². The number of carbonyl (C=O) groups is 1. The number of thiazole rings is 1. The van der Waals surface area contributed by atoms with E-state index in [0.29, 0.717) is 16.8 Å². The van der Waals surface area contributed by atoms with Crippen LogP contribution >= 0.6 is 22.9 Å². The normalized spacial score (nSPS) is 17.1. The molecule has 1 aliphatic rings. The number of hydrogen-bond acceptors (Lipinski definition) is 5. The van der Waals surface area contributed by atoms with Crippen molar-refractivity contribution in [2.45, 2.75) is 31.7 Å². The molecular formula is C20H21ClN4OS. The smallest absolute Gasteiger partial charge is 0.241 e. The maximum absolute atomic E-state index is 12.6. The van der Waals surface area contributed by atoms with Crippen LogP contribution in [-0.4, -0.2) is 39.9 Å². The summed E-state index contributed by atoms with van der Waals surface area (Å²) in [5, 5.41) is 4.41. The molecule has 27 heavy (non-hydrogen) atoms. The average Bonchev–Trinajstić information content (AvgIpc) is 3.13. The SMILES string of the molecule is CC(C(=O)Nc1cccnc1Cl)N1CCC(c2nc3ccccc3s2)CC1. The molecule has 0 spiro atoms. The van der Waals surface area contributed by atoms with Crippen molar-refractivity contribution in [2.24, 2.45) is 0 Å². The third-order valence-electron chi connectivity index (χ3n) is 5.13. The molecule has 0 radical (unpaired) electrons. The third-order valence-corrected chi connectivity index (χ3v) is 6.63. The molecule has 0 aliphatic carbocycles. The van der Waals surface area contributed by atoms with Crippen molar-refractivity contribution in [1.29, 1.82) is 0 Å². The summed E-state index contributed by atoms with van der Waals surface area (Å²) >= 11 is 7.83. The summed E-state index contributed by atoms with van der Waals surface area (Å²) in [6, 6.07) is 11.6. The van der Waals surface area contributed by atoms with Crippen molar-refractivity contribution in [3.05, 3.63) is 52.8 Å². The first kappa shape index (κ1) is 18.3. The van der Waals surface area contributed by atoms with Crippen LogP contribution in [0.1, 0.15) is 30.7 Å². The number of rotatable bonds is 4. The molecule has 1 atom stereocenters. The number of para-hydroxylation sites is 1. The van der Waals surface area contributed by atoms with E-state index in [1.807, 2.05) is 13.0 Å². The number of anilines is 1. The highest BCUT2D eigenvalue weighted by Crippen LogP contribution is 2.34. The molecule has 0 bridgehead atoms. The molecule has 1 N–H and O–H groups in total. The number of likely N-dealkylation sites (tertiary alicyclic amines) is 1. The number of benzene rings is 1. The maximum atomic E-state index is 12.6. The van der Waals surface area contributed by atoms with E-state index in [-0.39, 0.29) is 11.9 Å². The van der Waals surface area contributed by atoms with Crippen LogP contribution in [-0.2, 0) is 4.79 Å². The van der Waals surface area contributed by atoms with Gasteiger partial charge in [-0.05, 0) is 57.1 Å². The van der Waals surface area contributed by atoms with Gasteiger partial charge in [-0.1, -0.05) is 23.7 Å². The predicted octanol–water partition coefficient (Wildman–Crippen LogP) is 4.55. The molecule has 1 aromatic carbocycles. The zero-order valence-corrected chi connectivity index (χ0v) is 16.6. The van der Waals surface area contributed by atoms with Gasteiger partial charge in [0, 0.05) is 12.1 Å². The van der Waals surface area contributed by atoms with Gasteiger partial charge in [-0.15, -0.1) is 11.3 Å². The second kappa shape index (κ2) is 7.92. The van der Waals surface area contributed by atoms with Crippen molar-refractivity contribution < 1.29 is 4.79 Å². The van der Waals surface area contributed by atoms with Gasteiger partial charge in [0.2, 0.25) is 5.91 Å². The first-order chi connectivity index (χ1) is 13.1. The lowest BCUT2D eigenvalue weighted by atomic mass is 9.96. The molecule has 5 nitrogen and oxygen atoms in total. The second-order valence-electron chi connectivity index (χ2n) is 6.84. The van der Waals surface area contributed by atoms with Gasteiger partial charge in [-0.25, -0.2) is 9.97 Å². The Morgan fingerprint density at radius 2 is 2.04 bits per heavy atom. The fourth-order valence-electron chi connectivity index (χ4n) is 3.48. The molecule has 2 aromatic heterocycles. The number of aromatic nitrogens is 2. The van der Waals surface area contributed by atoms with Gasteiger partial charge in [-0.3, -0.25) is 9.69 Å². The fourth-order valence-corrected chi connectivity index (χ4v) is 4.78. The third kappa shape index (κ3) is 3.98. The van der Waals surface area contributed by atoms with E-state index in [1.54, 1.807) is 29.7 Å². The monoisotopic (exact) mass is 400 g/mol. The average molecular weight is 401 g/mol. The number of nitrogens with zero attached hydrogens (tertiary/aromatic N) is 3. The largest absolute Gasteiger partial charge is 0.322 e. The number of halogens is 1. The number of nitrogens with one attached hydrogen (secondary N) is 1. The Kier molecular flexibility index (Phi) is 5.38. The van der Waals surface area contributed by atoms with Crippen LogP contribution in [0.15, 0.2) is 42.6 Å². The Morgan fingerprint density at radius 3 is 2.78 bits per heavy atom. The minimum Gasteiger partial charge on any atom is -0.322 e. The summed E-state index contributed by atoms with van der Waals surface area (Å²) in [5.74, 6) is 0.421. The Balaban J connectivity index is 1.36. The van der Waals surface area contributed by atoms with Crippen molar-refractivity contribution in [3.63, 3.8) is 0 Å². The second-order valence-corrected chi connectivity index (χ2v) is 8.26. The zero-order chi connectivity index (χ0) is 18.8. The quantitative estimate of drug-likeness (QED) is 0.652. The number of carbonyl (C=O) groups excluding carboxylic acids is 1. The van der Waals surface area contributed by atoms with E-state index in [4.69, 9.17) is 16.6 Å². The number of amides is 1. The lowest BCUT2D eigenvalue weighted by Gasteiger charge is -2.34. The molecule has 4 rings (SSSR count). The summed E-state index contributed by atoms with van der Waals surface area (Å²) < 4.78 is 1.25. The van der Waals surface area contributed by atoms with E-state index in [1.165, 1.54) is 9.71 Å². The Labute approximate surface area is 167 Å². The van der Waals surface area contributed by atoms with Crippen molar-refractivity contribution in [2.75, 3.05) is 18.4 Å². The minimum absolute atomic E-state index is 0.0525. The first-order valence-electron chi connectivity index (χ1n) is 9.12. The van der Waals surface area contributed by atoms with Crippen LogP contribution in [0.2, 0.25) is 5.15 Å². The molecule has 1 saturated heterocycles. The summed E-state index contributed by atoms with van der Waals surface area (Å²) in [7, 11) is 0. The minimum atomic E-state index is -0.211. The first-order valence-corrected chi connectivity index (χ1v) is 10.3. The van der Waals surface area contributed by atoms with Crippen LogP contribution in [0.3, 0.4) is 0 Å². The summed E-state index contributed by atoms with van der Waals surface area (Å²) in [5.41, 5.74) is 1.64. The number of fused-ring (bicyclic) bond motifs is 1. The predicted molar refractivity (Wildman–Crippen MR) is 111 cm³/mol. The number of pyridine rings is 1. The molecule has 1 unspecified atom stereocenters. The molecular weight excluding hydrogens is 380 g/mol. The summed E-state index contributed by atoms with van der Waals surface area (Å²) in [6.45, 7) is 3.71. The van der Waals surface area contributed by atoms with E-state index in [9.17, 15) is 4.79 Å². The number of hydrogen-bond donors (Lipinski definition) is 1.